The first-order valence-corrected chi connectivity index (χ1v) is 7.34. The van der Waals surface area contributed by atoms with E-state index < -0.39 is 6.04 Å². The van der Waals surface area contributed by atoms with E-state index in [1.807, 2.05) is 42.2 Å². The summed E-state index contributed by atoms with van der Waals surface area (Å²) >= 11 is 0. The van der Waals surface area contributed by atoms with Gasteiger partial charge in [-0.25, -0.2) is 0 Å². The molecule has 4 heteroatoms. The fourth-order valence-electron chi connectivity index (χ4n) is 2.64. The average molecular weight is 276 g/mol. The highest BCUT2D eigenvalue weighted by molar-refractivity contribution is 5.82. The first-order chi connectivity index (χ1) is 9.60. The van der Waals surface area contributed by atoms with E-state index >= 15 is 0 Å². The number of carbonyl (C=O) groups is 1. The van der Waals surface area contributed by atoms with Crippen molar-refractivity contribution < 1.29 is 9.53 Å². The number of ether oxygens (including phenoxy) is 1. The molecule has 1 aromatic rings. The molecule has 4 nitrogen and oxygen atoms in total. The van der Waals surface area contributed by atoms with Gasteiger partial charge in [0.25, 0.3) is 0 Å². The molecule has 1 aliphatic rings. The Morgan fingerprint density at radius 1 is 1.40 bits per heavy atom. The van der Waals surface area contributed by atoms with E-state index in [0.717, 1.165) is 12.0 Å². The van der Waals surface area contributed by atoms with Crippen LogP contribution in [0.1, 0.15) is 25.8 Å². The van der Waals surface area contributed by atoms with E-state index in [0.29, 0.717) is 19.5 Å². The summed E-state index contributed by atoms with van der Waals surface area (Å²) in [5, 5.41) is 0. The van der Waals surface area contributed by atoms with Gasteiger partial charge in [-0.1, -0.05) is 37.3 Å². The van der Waals surface area contributed by atoms with E-state index in [1.54, 1.807) is 0 Å². The molecule has 1 saturated heterocycles. The van der Waals surface area contributed by atoms with Gasteiger partial charge in [-0.15, -0.1) is 0 Å². The molecular formula is C16H24N2O2. The van der Waals surface area contributed by atoms with Gasteiger partial charge in [-0.3, -0.25) is 4.79 Å². The van der Waals surface area contributed by atoms with Crippen molar-refractivity contribution in [3.63, 3.8) is 0 Å². The topological polar surface area (TPSA) is 55.6 Å². The molecule has 0 saturated carbocycles. The number of morpholine rings is 1. The maximum absolute atomic E-state index is 12.5. The lowest BCUT2D eigenvalue weighted by molar-refractivity contribution is -0.145. The van der Waals surface area contributed by atoms with Crippen LogP contribution in [0, 0.1) is 0 Å². The number of rotatable bonds is 4. The Balaban J connectivity index is 1.95. The first kappa shape index (κ1) is 15.0. The molecule has 0 aromatic heterocycles. The molecule has 0 bridgehead atoms. The number of hydrogen-bond donors (Lipinski definition) is 1. The summed E-state index contributed by atoms with van der Waals surface area (Å²) in [6.07, 6.45) is 1.72. The zero-order valence-corrected chi connectivity index (χ0v) is 12.3. The van der Waals surface area contributed by atoms with Gasteiger partial charge in [-0.2, -0.15) is 0 Å². The van der Waals surface area contributed by atoms with Gasteiger partial charge in [0.2, 0.25) is 5.91 Å². The van der Waals surface area contributed by atoms with Crippen LogP contribution in [-0.4, -0.2) is 42.1 Å². The number of nitrogens with two attached hydrogens (primary N) is 1. The highest BCUT2D eigenvalue weighted by Gasteiger charge is 2.30. The van der Waals surface area contributed by atoms with Crippen molar-refractivity contribution in [2.75, 3.05) is 13.1 Å². The summed E-state index contributed by atoms with van der Waals surface area (Å²) in [7, 11) is 0. The van der Waals surface area contributed by atoms with Gasteiger partial charge < -0.3 is 15.4 Å². The molecular weight excluding hydrogens is 252 g/mol. The Kier molecular flexibility index (Phi) is 5.15. The largest absolute Gasteiger partial charge is 0.372 e. The lowest BCUT2D eigenvalue weighted by atomic mass is 10.0. The Morgan fingerprint density at radius 3 is 2.75 bits per heavy atom. The Labute approximate surface area is 120 Å². The van der Waals surface area contributed by atoms with Crippen LogP contribution in [0.15, 0.2) is 30.3 Å². The number of benzene rings is 1. The van der Waals surface area contributed by atoms with Crippen molar-refractivity contribution in [3.05, 3.63) is 35.9 Å². The van der Waals surface area contributed by atoms with Gasteiger partial charge in [0, 0.05) is 13.1 Å². The second kappa shape index (κ2) is 6.86. The summed E-state index contributed by atoms with van der Waals surface area (Å²) in [5.74, 6) is 0.0300. The molecule has 110 valence electrons. The van der Waals surface area contributed by atoms with Crippen LogP contribution in [0.2, 0.25) is 0 Å². The number of amides is 1. The van der Waals surface area contributed by atoms with Crippen molar-refractivity contribution >= 4 is 5.91 Å². The van der Waals surface area contributed by atoms with E-state index in [1.165, 1.54) is 0 Å². The quantitative estimate of drug-likeness (QED) is 0.908. The fraction of sp³-hybridized carbons (Fsp3) is 0.562. The fourth-order valence-corrected chi connectivity index (χ4v) is 2.64. The highest BCUT2D eigenvalue weighted by Crippen LogP contribution is 2.15. The second-order valence-electron chi connectivity index (χ2n) is 5.52. The van der Waals surface area contributed by atoms with Gasteiger partial charge in [0.15, 0.2) is 0 Å². The molecule has 2 rings (SSSR count). The van der Waals surface area contributed by atoms with Crippen molar-refractivity contribution in [1.82, 2.24) is 4.90 Å². The third-order valence-electron chi connectivity index (χ3n) is 3.71. The van der Waals surface area contributed by atoms with Crippen LogP contribution < -0.4 is 5.73 Å². The molecule has 1 fully saturated rings. The van der Waals surface area contributed by atoms with Crippen molar-refractivity contribution in [2.45, 2.75) is 44.9 Å². The standard InChI is InChI=1S/C16H24N2O2/c1-3-14-11-18(10-12(2)20-14)16(19)15(17)9-13-7-5-4-6-8-13/h4-8,12,14-15H,3,9-11,17H2,1-2H3/t12-,14+,15-/m0/s1. The predicted molar refractivity (Wildman–Crippen MR) is 79.3 cm³/mol. The van der Waals surface area contributed by atoms with Crippen LogP contribution in [0.5, 0.6) is 0 Å². The Hall–Kier alpha value is -1.39. The smallest absolute Gasteiger partial charge is 0.240 e. The lowest BCUT2D eigenvalue weighted by Gasteiger charge is -2.37. The Bertz CT molecular complexity index is 435. The summed E-state index contributed by atoms with van der Waals surface area (Å²) in [6.45, 7) is 5.38. The van der Waals surface area contributed by atoms with Gasteiger partial charge in [-0.05, 0) is 25.3 Å². The van der Waals surface area contributed by atoms with Crippen LogP contribution >= 0.6 is 0 Å². The summed E-state index contributed by atoms with van der Waals surface area (Å²) in [5.41, 5.74) is 7.18. The summed E-state index contributed by atoms with van der Waals surface area (Å²) < 4.78 is 5.78. The molecule has 3 atom stereocenters. The molecule has 1 heterocycles. The molecule has 0 unspecified atom stereocenters. The van der Waals surface area contributed by atoms with Crippen molar-refractivity contribution in [2.24, 2.45) is 5.73 Å². The molecule has 0 spiro atoms. The lowest BCUT2D eigenvalue weighted by Crippen LogP contribution is -2.54. The van der Waals surface area contributed by atoms with Crippen LogP contribution in [0.25, 0.3) is 0 Å². The highest BCUT2D eigenvalue weighted by atomic mass is 16.5. The molecule has 1 amide bonds. The third-order valence-corrected chi connectivity index (χ3v) is 3.71. The van der Waals surface area contributed by atoms with Gasteiger partial charge >= 0.3 is 0 Å². The minimum Gasteiger partial charge on any atom is -0.372 e. The number of carbonyl (C=O) groups excluding carboxylic acids is 1. The molecule has 0 aliphatic carbocycles. The molecule has 0 radical (unpaired) electrons. The van der Waals surface area contributed by atoms with Crippen LogP contribution in [0.4, 0.5) is 0 Å². The predicted octanol–water partition coefficient (Wildman–Crippen LogP) is 1.58. The third kappa shape index (κ3) is 3.81. The average Bonchev–Trinajstić information content (AvgIpc) is 2.46. The zero-order valence-electron chi connectivity index (χ0n) is 12.3. The first-order valence-electron chi connectivity index (χ1n) is 7.34. The minimum absolute atomic E-state index is 0.0300. The molecule has 20 heavy (non-hydrogen) atoms. The van der Waals surface area contributed by atoms with Crippen molar-refractivity contribution in [3.8, 4) is 0 Å². The molecule has 1 aromatic carbocycles. The van der Waals surface area contributed by atoms with Crippen LogP contribution in [0.3, 0.4) is 0 Å². The normalized spacial score (nSPS) is 24.4. The number of nitrogens with zero attached hydrogens (tertiary/aromatic N) is 1. The molecule has 2 N–H and O–H groups in total. The van der Waals surface area contributed by atoms with E-state index in [-0.39, 0.29) is 18.1 Å². The van der Waals surface area contributed by atoms with E-state index in [4.69, 9.17) is 10.5 Å². The maximum atomic E-state index is 12.5. The van der Waals surface area contributed by atoms with E-state index in [9.17, 15) is 4.79 Å². The summed E-state index contributed by atoms with van der Waals surface area (Å²) in [4.78, 5) is 14.3. The monoisotopic (exact) mass is 276 g/mol. The minimum atomic E-state index is -0.472. The van der Waals surface area contributed by atoms with Crippen molar-refractivity contribution in [1.29, 1.82) is 0 Å². The Morgan fingerprint density at radius 2 is 2.10 bits per heavy atom. The van der Waals surface area contributed by atoms with Crippen LogP contribution in [-0.2, 0) is 16.0 Å². The second-order valence-corrected chi connectivity index (χ2v) is 5.52. The molecule has 1 aliphatic heterocycles. The zero-order chi connectivity index (χ0) is 14.5. The summed E-state index contributed by atoms with van der Waals surface area (Å²) in [6, 6.07) is 9.44. The SMILES string of the molecule is CC[C@@H]1CN(C(=O)[C@@H](N)Cc2ccccc2)C[C@H](C)O1. The van der Waals surface area contributed by atoms with E-state index in [2.05, 4.69) is 6.92 Å². The van der Waals surface area contributed by atoms with Gasteiger partial charge in [0.1, 0.15) is 0 Å². The van der Waals surface area contributed by atoms with Gasteiger partial charge in [0.05, 0.1) is 18.2 Å². The number of hydrogen-bond acceptors (Lipinski definition) is 3. The maximum Gasteiger partial charge on any atom is 0.240 e.